The number of thiocarbonyl (C=S) groups is 1. The molecule has 0 aromatic heterocycles. The summed E-state index contributed by atoms with van der Waals surface area (Å²) in [5.74, 6) is 0. The number of hydrogen-bond donors (Lipinski definition) is 0. The zero-order valence-corrected chi connectivity index (χ0v) is 15.5. The molecular weight excluding hydrogens is 331 g/mol. The zero-order chi connectivity index (χ0) is 17.2. The molecule has 3 heteroatoms. The van der Waals surface area contributed by atoms with Gasteiger partial charge >= 0.3 is 0 Å². The van der Waals surface area contributed by atoms with Gasteiger partial charge in [0.1, 0.15) is 0 Å². The van der Waals surface area contributed by atoms with Gasteiger partial charge < -0.3 is 4.57 Å². The van der Waals surface area contributed by atoms with Crippen LogP contribution >= 0.6 is 19.4 Å². The molecule has 3 rings (SSSR count). The molecule has 0 bridgehead atoms. The minimum Gasteiger partial charge on any atom is -0.308 e. The van der Waals surface area contributed by atoms with Gasteiger partial charge in [-0.15, -0.1) is 0 Å². The lowest BCUT2D eigenvalue weighted by atomic mass is 10.1. The van der Waals surface area contributed by atoms with E-state index >= 15 is 0 Å². The molecular formula is C21H19OPS. The van der Waals surface area contributed by atoms with E-state index in [0.717, 1.165) is 27.3 Å². The van der Waals surface area contributed by atoms with Gasteiger partial charge in [-0.2, -0.15) is 0 Å². The van der Waals surface area contributed by atoms with Gasteiger partial charge in [-0.05, 0) is 25.0 Å². The van der Waals surface area contributed by atoms with E-state index in [0.29, 0.717) is 4.61 Å². The molecule has 0 atom stereocenters. The lowest BCUT2D eigenvalue weighted by molar-refractivity contribution is 0.594. The minimum absolute atomic E-state index is 0.538. The van der Waals surface area contributed by atoms with E-state index in [-0.39, 0.29) is 0 Å². The Kier molecular flexibility index (Phi) is 4.80. The lowest BCUT2D eigenvalue weighted by Gasteiger charge is -2.22. The summed E-state index contributed by atoms with van der Waals surface area (Å²) in [5, 5.41) is 1.56. The van der Waals surface area contributed by atoms with E-state index < -0.39 is 7.14 Å². The van der Waals surface area contributed by atoms with E-state index in [2.05, 4.69) is 0 Å². The van der Waals surface area contributed by atoms with Gasteiger partial charge in [0.25, 0.3) is 0 Å². The summed E-state index contributed by atoms with van der Waals surface area (Å²) in [4.78, 5) is 0. The van der Waals surface area contributed by atoms with Crippen molar-refractivity contribution in [2.24, 2.45) is 0 Å². The van der Waals surface area contributed by atoms with Crippen LogP contribution in [0.15, 0.2) is 78.9 Å². The number of rotatable bonds is 4. The van der Waals surface area contributed by atoms with Crippen LogP contribution in [0.5, 0.6) is 0 Å². The molecule has 3 aromatic rings. The highest BCUT2D eigenvalue weighted by atomic mass is 32.1. The van der Waals surface area contributed by atoms with Crippen LogP contribution in [0, 0.1) is 13.8 Å². The molecule has 0 heterocycles. The van der Waals surface area contributed by atoms with Crippen LogP contribution < -0.4 is 10.6 Å². The van der Waals surface area contributed by atoms with Crippen molar-refractivity contribution in [1.29, 1.82) is 0 Å². The summed E-state index contributed by atoms with van der Waals surface area (Å²) in [6.45, 7) is 4.05. The van der Waals surface area contributed by atoms with E-state index in [4.69, 9.17) is 12.2 Å². The van der Waals surface area contributed by atoms with Crippen LogP contribution in [0.25, 0.3) is 0 Å². The Balaban J connectivity index is 2.28. The second-order valence-electron chi connectivity index (χ2n) is 5.85. The molecule has 0 amide bonds. The molecule has 0 aliphatic heterocycles. The van der Waals surface area contributed by atoms with Crippen molar-refractivity contribution in [3.05, 3.63) is 95.6 Å². The molecule has 0 unspecified atom stereocenters. The molecule has 0 saturated carbocycles. The third-order valence-electron chi connectivity index (χ3n) is 4.22. The Morgan fingerprint density at radius 3 is 1.54 bits per heavy atom. The lowest BCUT2D eigenvalue weighted by Crippen LogP contribution is -2.23. The van der Waals surface area contributed by atoms with Gasteiger partial charge in [0, 0.05) is 16.2 Å². The number of hydrogen-bond acceptors (Lipinski definition) is 2. The first-order chi connectivity index (χ1) is 11.5. The SMILES string of the molecule is Cc1cccc(C)c1C(=S)P(=O)(c1ccccc1)c1ccccc1. The van der Waals surface area contributed by atoms with Gasteiger partial charge in [0.15, 0.2) is 7.14 Å². The smallest absolute Gasteiger partial charge is 0.181 e. The fourth-order valence-electron chi connectivity index (χ4n) is 2.97. The summed E-state index contributed by atoms with van der Waals surface area (Å²) in [6.07, 6.45) is 0. The maximum atomic E-state index is 14.3. The molecule has 0 spiro atoms. The van der Waals surface area contributed by atoms with Crippen molar-refractivity contribution in [1.82, 2.24) is 0 Å². The summed E-state index contributed by atoms with van der Waals surface area (Å²) in [7, 11) is -3.06. The second-order valence-corrected chi connectivity index (χ2v) is 9.26. The molecule has 24 heavy (non-hydrogen) atoms. The molecule has 1 nitrogen and oxygen atoms in total. The average molecular weight is 350 g/mol. The third kappa shape index (κ3) is 2.88. The predicted molar refractivity (Wildman–Crippen MR) is 107 cm³/mol. The normalized spacial score (nSPS) is 11.2. The largest absolute Gasteiger partial charge is 0.308 e. The maximum absolute atomic E-state index is 14.3. The number of aryl methyl sites for hydroxylation is 2. The van der Waals surface area contributed by atoms with E-state index in [9.17, 15) is 4.57 Å². The highest BCUT2D eigenvalue weighted by molar-refractivity contribution is 8.08. The fraction of sp³-hybridized carbons (Fsp3) is 0.0952. The Hall–Kier alpha value is -2.02. The van der Waals surface area contributed by atoms with Crippen LogP contribution in [0.2, 0.25) is 0 Å². The summed E-state index contributed by atoms with van der Waals surface area (Å²) < 4.78 is 14.8. The second kappa shape index (κ2) is 6.84. The maximum Gasteiger partial charge on any atom is 0.181 e. The Bertz CT molecular complexity index is 853. The van der Waals surface area contributed by atoms with Crippen molar-refractivity contribution in [2.45, 2.75) is 13.8 Å². The summed E-state index contributed by atoms with van der Waals surface area (Å²) in [5.41, 5.74) is 3.06. The molecule has 0 aliphatic rings. The predicted octanol–water partition coefficient (Wildman–Crippen LogP) is 4.99. The first-order valence-electron chi connectivity index (χ1n) is 7.87. The topological polar surface area (TPSA) is 17.1 Å². The first kappa shape index (κ1) is 16.8. The van der Waals surface area contributed by atoms with Crippen molar-refractivity contribution in [3.63, 3.8) is 0 Å². The quantitative estimate of drug-likeness (QED) is 0.487. The summed E-state index contributed by atoms with van der Waals surface area (Å²) >= 11 is 5.83. The molecule has 0 aliphatic carbocycles. The third-order valence-corrected chi connectivity index (χ3v) is 8.04. The minimum atomic E-state index is -3.06. The molecule has 3 aromatic carbocycles. The van der Waals surface area contributed by atoms with Crippen LogP contribution in [-0.2, 0) is 4.57 Å². The van der Waals surface area contributed by atoms with Crippen molar-refractivity contribution < 1.29 is 4.57 Å². The van der Waals surface area contributed by atoms with E-state index in [1.54, 1.807) is 0 Å². The molecule has 0 radical (unpaired) electrons. The van der Waals surface area contributed by atoms with Gasteiger partial charge in [-0.25, -0.2) is 0 Å². The molecule has 120 valence electrons. The molecule has 0 fully saturated rings. The molecule has 0 saturated heterocycles. The standard InChI is InChI=1S/C21H19OPS/c1-16-10-9-11-17(2)20(16)21(24)23(22,18-12-5-3-6-13-18)19-14-7-4-8-15-19/h3-15H,1-2H3. The van der Waals surface area contributed by atoms with Crippen LogP contribution in [0.1, 0.15) is 16.7 Å². The van der Waals surface area contributed by atoms with Crippen molar-refractivity contribution in [3.8, 4) is 0 Å². The van der Waals surface area contributed by atoms with Gasteiger partial charge in [-0.1, -0.05) is 91.1 Å². The monoisotopic (exact) mass is 350 g/mol. The van der Waals surface area contributed by atoms with E-state index in [1.165, 1.54) is 0 Å². The van der Waals surface area contributed by atoms with Gasteiger partial charge in [0.05, 0.1) is 4.61 Å². The van der Waals surface area contributed by atoms with Crippen LogP contribution in [0.3, 0.4) is 0 Å². The Morgan fingerprint density at radius 1 is 0.708 bits per heavy atom. The highest BCUT2D eigenvalue weighted by Crippen LogP contribution is 2.48. The van der Waals surface area contributed by atoms with Crippen LogP contribution in [0.4, 0.5) is 0 Å². The highest BCUT2D eigenvalue weighted by Gasteiger charge is 2.34. The zero-order valence-electron chi connectivity index (χ0n) is 13.8. The van der Waals surface area contributed by atoms with Gasteiger partial charge in [0.2, 0.25) is 0 Å². The Labute approximate surface area is 148 Å². The molecule has 0 N–H and O–H groups in total. The fourth-order valence-corrected chi connectivity index (χ4v) is 6.54. The van der Waals surface area contributed by atoms with Crippen LogP contribution in [-0.4, -0.2) is 4.61 Å². The Morgan fingerprint density at radius 2 is 1.12 bits per heavy atom. The van der Waals surface area contributed by atoms with Gasteiger partial charge in [-0.3, -0.25) is 0 Å². The number of benzene rings is 3. The average Bonchev–Trinajstić information content (AvgIpc) is 2.62. The summed E-state index contributed by atoms with van der Waals surface area (Å²) in [6, 6.07) is 25.2. The van der Waals surface area contributed by atoms with Crippen molar-refractivity contribution >= 4 is 34.6 Å². The van der Waals surface area contributed by atoms with E-state index in [1.807, 2.05) is 92.7 Å². The first-order valence-corrected chi connectivity index (χ1v) is 9.99. The van der Waals surface area contributed by atoms with Crippen molar-refractivity contribution in [2.75, 3.05) is 0 Å².